The number of likely N-dealkylation sites (tertiary alicyclic amines) is 1. The Hall–Kier alpha value is -3.35. The quantitative estimate of drug-likeness (QED) is 0.448. The van der Waals surface area contributed by atoms with Gasteiger partial charge in [-0.1, -0.05) is 50.2 Å². The number of nitrogens with zero attached hydrogens (tertiary/aromatic N) is 3. The zero-order valence-electron chi connectivity index (χ0n) is 19.7. The van der Waals surface area contributed by atoms with Crippen LogP contribution in [-0.2, 0) is 11.3 Å². The average molecular weight is 450 g/mol. The van der Waals surface area contributed by atoms with E-state index in [2.05, 4.69) is 55.2 Å². The van der Waals surface area contributed by atoms with E-state index >= 15 is 0 Å². The number of carbonyl (C=O) groups excluding carboxylic acids is 1. The van der Waals surface area contributed by atoms with Crippen molar-refractivity contribution in [2.75, 3.05) is 20.3 Å². The van der Waals surface area contributed by atoms with Gasteiger partial charge in [0.2, 0.25) is 17.6 Å². The van der Waals surface area contributed by atoms with Crippen LogP contribution in [0.2, 0.25) is 0 Å². The molecule has 0 radical (unpaired) electrons. The van der Waals surface area contributed by atoms with Crippen LogP contribution in [0.1, 0.15) is 62.5 Å². The van der Waals surface area contributed by atoms with Crippen LogP contribution in [0.4, 0.5) is 0 Å². The number of benzene rings is 2. The number of hydrogen-bond acceptors (Lipinski definition) is 6. The van der Waals surface area contributed by atoms with Gasteiger partial charge in [-0.2, -0.15) is 4.98 Å². The highest BCUT2D eigenvalue weighted by atomic mass is 16.5. The van der Waals surface area contributed by atoms with Gasteiger partial charge in [-0.05, 0) is 41.7 Å². The van der Waals surface area contributed by atoms with E-state index in [9.17, 15) is 4.79 Å². The Kier molecular flexibility index (Phi) is 6.96. The smallest absolute Gasteiger partial charge is 0.232 e. The first-order chi connectivity index (χ1) is 16.0. The van der Waals surface area contributed by atoms with Gasteiger partial charge >= 0.3 is 0 Å². The van der Waals surface area contributed by atoms with Crippen molar-refractivity contribution in [2.24, 2.45) is 0 Å². The average Bonchev–Trinajstić information content (AvgIpc) is 3.45. The molecule has 1 atom stereocenters. The second kappa shape index (κ2) is 10.1. The predicted molar refractivity (Wildman–Crippen MR) is 125 cm³/mol. The molecule has 1 aliphatic heterocycles. The fraction of sp³-hybridized carbons (Fsp3) is 0.423. The summed E-state index contributed by atoms with van der Waals surface area (Å²) in [7, 11) is 1.61. The third-order valence-corrected chi connectivity index (χ3v) is 5.91. The van der Waals surface area contributed by atoms with Crippen LogP contribution < -0.4 is 9.47 Å². The molecule has 33 heavy (non-hydrogen) atoms. The normalized spacial score (nSPS) is 16.0. The second-order valence-corrected chi connectivity index (χ2v) is 8.74. The molecule has 1 saturated heterocycles. The van der Waals surface area contributed by atoms with E-state index in [0.29, 0.717) is 55.2 Å². The molecular weight excluding hydrogens is 418 g/mol. The van der Waals surface area contributed by atoms with Crippen molar-refractivity contribution >= 4 is 5.91 Å². The van der Waals surface area contributed by atoms with Gasteiger partial charge in [0.15, 0.2) is 11.5 Å². The van der Waals surface area contributed by atoms with Gasteiger partial charge in [0.05, 0.1) is 19.6 Å². The van der Waals surface area contributed by atoms with Crippen LogP contribution >= 0.6 is 0 Å². The summed E-state index contributed by atoms with van der Waals surface area (Å²) in [6, 6.07) is 14.0. The summed E-state index contributed by atoms with van der Waals surface area (Å²) >= 11 is 0. The number of aromatic nitrogens is 2. The lowest BCUT2D eigenvalue weighted by atomic mass is 10.0. The fourth-order valence-electron chi connectivity index (χ4n) is 3.97. The summed E-state index contributed by atoms with van der Waals surface area (Å²) < 4.78 is 16.7. The van der Waals surface area contributed by atoms with Crippen LogP contribution in [0.15, 0.2) is 47.0 Å². The number of amides is 1. The molecule has 3 aromatic rings. The topological polar surface area (TPSA) is 77.7 Å². The highest BCUT2D eigenvalue weighted by Gasteiger charge is 2.34. The molecule has 174 valence electrons. The Balaban J connectivity index is 1.44. The molecular formula is C26H31N3O4. The van der Waals surface area contributed by atoms with E-state index < -0.39 is 0 Å². The molecule has 2 aromatic carbocycles. The van der Waals surface area contributed by atoms with Crippen LogP contribution in [0.3, 0.4) is 0 Å². The molecule has 1 aliphatic rings. The minimum Gasteiger partial charge on any atom is -0.493 e. The zero-order valence-corrected chi connectivity index (χ0v) is 19.7. The van der Waals surface area contributed by atoms with E-state index in [4.69, 9.17) is 14.0 Å². The largest absolute Gasteiger partial charge is 0.493 e. The summed E-state index contributed by atoms with van der Waals surface area (Å²) in [6.07, 6.45) is 1.29. The highest BCUT2D eigenvalue weighted by Crippen LogP contribution is 2.33. The summed E-state index contributed by atoms with van der Waals surface area (Å²) in [5.74, 6) is 2.75. The van der Waals surface area contributed by atoms with E-state index in [-0.39, 0.29) is 11.8 Å². The molecule has 0 saturated carbocycles. The van der Waals surface area contributed by atoms with Crippen molar-refractivity contribution in [3.63, 3.8) is 0 Å². The van der Waals surface area contributed by atoms with Crippen molar-refractivity contribution in [2.45, 2.75) is 52.0 Å². The van der Waals surface area contributed by atoms with E-state index in [1.54, 1.807) is 7.11 Å². The number of rotatable bonds is 9. The second-order valence-electron chi connectivity index (χ2n) is 8.74. The van der Waals surface area contributed by atoms with E-state index in [0.717, 1.165) is 17.5 Å². The lowest BCUT2D eigenvalue weighted by Crippen LogP contribution is -2.24. The summed E-state index contributed by atoms with van der Waals surface area (Å²) in [5.41, 5.74) is 3.19. The van der Waals surface area contributed by atoms with Gasteiger partial charge < -0.3 is 18.9 Å². The highest BCUT2D eigenvalue weighted by molar-refractivity contribution is 5.79. The lowest BCUT2D eigenvalue weighted by molar-refractivity contribution is -0.128. The van der Waals surface area contributed by atoms with Gasteiger partial charge in [0.25, 0.3) is 0 Å². The molecule has 4 rings (SSSR count). The summed E-state index contributed by atoms with van der Waals surface area (Å²) in [4.78, 5) is 19.1. The fourth-order valence-corrected chi connectivity index (χ4v) is 3.97. The van der Waals surface area contributed by atoms with E-state index in [1.165, 1.54) is 5.56 Å². The van der Waals surface area contributed by atoms with Crippen molar-refractivity contribution in [3.8, 4) is 22.9 Å². The number of hydrogen-bond donors (Lipinski definition) is 0. The maximum Gasteiger partial charge on any atom is 0.232 e. The van der Waals surface area contributed by atoms with Crippen LogP contribution in [0.5, 0.6) is 11.5 Å². The van der Waals surface area contributed by atoms with Crippen LogP contribution in [0.25, 0.3) is 11.4 Å². The number of ether oxygens (including phenoxy) is 2. The zero-order chi connectivity index (χ0) is 23.4. The van der Waals surface area contributed by atoms with Crippen molar-refractivity contribution in [1.82, 2.24) is 15.0 Å². The van der Waals surface area contributed by atoms with Crippen molar-refractivity contribution in [1.29, 1.82) is 0 Å². The minimum absolute atomic E-state index is 0.104. The molecule has 2 heterocycles. The number of carbonyl (C=O) groups is 1. The molecule has 0 bridgehead atoms. The Morgan fingerprint density at radius 1 is 1.15 bits per heavy atom. The first-order valence-electron chi connectivity index (χ1n) is 11.5. The molecule has 1 amide bonds. The maximum absolute atomic E-state index is 12.6. The molecule has 1 aromatic heterocycles. The summed E-state index contributed by atoms with van der Waals surface area (Å²) in [5, 5.41) is 4.15. The minimum atomic E-state index is -0.109. The SMILES string of the molecule is CCCOc1ccc(-c2noc(C3CC(=O)N(Cc4ccc(C(C)C)cc4)C3)n2)cc1OC. The third kappa shape index (κ3) is 5.18. The number of methoxy groups -OCH3 is 1. The van der Waals surface area contributed by atoms with Gasteiger partial charge in [0.1, 0.15) is 0 Å². The molecule has 1 fully saturated rings. The van der Waals surface area contributed by atoms with Gasteiger partial charge in [-0.15, -0.1) is 0 Å². The Bertz CT molecular complexity index is 1090. The predicted octanol–water partition coefficient (Wildman–Crippen LogP) is 5.17. The molecule has 0 N–H and O–H groups in total. The van der Waals surface area contributed by atoms with E-state index in [1.807, 2.05) is 23.1 Å². The van der Waals surface area contributed by atoms with Gasteiger partial charge in [0, 0.05) is 25.1 Å². The third-order valence-electron chi connectivity index (χ3n) is 5.91. The van der Waals surface area contributed by atoms with Gasteiger partial charge in [-0.3, -0.25) is 4.79 Å². The van der Waals surface area contributed by atoms with Crippen LogP contribution in [0, 0.1) is 0 Å². The standard InChI is InChI=1S/C26H31N3O4/c1-5-12-32-22-11-10-20(13-23(22)31-4)25-27-26(33-28-25)21-14-24(30)29(16-21)15-18-6-8-19(9-7-18)17(2)3/h6-11,13,17,21H,5,12,14-16H2,1-4H3. The van der Waals surface area contributed by atoms with Crippen molar-refractivity contribution < 1.29 is 18.8 Å². The molecule has 7 nitrogen and oxygen atoms in total. The Labute approximate surface area is 194 Å². The maximum atomic E-state index is 12.6. The molecule has 7 heteroatoms. The lowest BCUT2D eigenvalue weighted by Gasteiger charge is -2.16. The first kappa shape index (κ1) is 22.8. The first-order valence-corrected chi connectivity index (χ1v) is 11.5. The summed E-state index contributed by atoms with van der Waals surface area (Å²) in [6.45, 7) is 8.18. The molecule has 1 unspecified atom stereocenters. The Morgan fingerprint density at radius 3 is 2.64 bits per heavy atom. The molecule has 0 aliphatic carbocycles. The molecule has 0 spiro atoms. The van der Waals surface area contributed by atoms with Crippen LogP contribution in [-0.4, -0.2) is 41.2 Å². The van der Waals surface area contributed by atoms with Gasteiger partial charge in [-0.25, -0.2) is 0 Å². The van der Waals surface area contributed by atoms with Crippen molar-refractivity contribution in [3.05, 3.63) is 59.5 Å². The Morgan fingerprint density at radius 2 is 1.94 bits per heavy atom. The monoisotopic (exact) mass is 449 g/mol.